The Kier molecular flexibility index (Phi) is 2.01. The summed E-state index contributed by atoms with van der Waals surface area (Å²) in [6, 6.07) is 1.43. The molecule has 1 aromatic heterocycles. The Bertz CT molecular complexity index is 365. The molecule has 0 radical (unpaired) electrons. The summed E-state index contributed by atoms with van der Waals surface area (Å²) >= 11 is 3.13. The van der Waals surface area contributed by atoms with Gasteiger partial charge in [0.2, 0.25) is 0 Å². The van der Waals surface area contributed by atoms with Crippen molar-refractivity contribution < 1.29 is 9.66 Å². The van der Waals surface area contributed by atoms with E-state index >= 15 is 0 Å². The average Bonchev–Trinajstić information content (AvgIpc) is 2.87. The van der Waals surface area contributed by atoms with Crippen LogP contribution in [0.5, 0.6) is 0 Å². The van der Waals surface area contributed by atoms with Crippen LogP contribution in [0.1, 0.15) is 11.8 Å². The molecule has 2 heterocycles. The second kappa shape index (κ2) is 3.04. The van der Waals surface area contributed by atoms with Crippen LogP contribution in [0.15, 0.2) is 16.7 Å². The van der Waals surface area contributed by atoms with Gasteiger partial charge in [-0.25, -0.2) is 0 Å². The van der Waals surface area contributed by atoms with E-state index in [0.717, 1.165) is 0 Å². The summed E-state index contributed by atoms with van der Waals surface area (Å²) in [7, 11) is 0. The van der Waals surface area contributed by atoms with Crippen molar-refractivity contribution in [3.8, 4) is 0 Å². The van der Waals surface area contributed by atoms with Crippen molar-refractivity contribution in [3.05, 3.63) is 32.5 Å². The molecule has 13 heavy (non-hydrogen) atoms. The van der Waals surface area contributed by atoms with Crippen molar-refractivity contribution in [1.82, 2.24) is 4.98 Å². The van der Waals surface area contributed by atoms with Gasteiger partial charge in [-0.1, -0.05) is 0 Å². The molecule has 0 aliphatic carbocycles. The third-order valence-corrected chi connectivity index (χ3v) is 2.13. The zero-order valence-electron chi connectivity index (χ0n) is 6.44. The fourth-order valence-corrected chi connectivity index (χ4v) is 1.36. The number of pyridine rings is 1. The molecule has 1 aliphatic heterocycles. The molecule has 2 rings (SSSR count). The van der Waals surface area contributed by atoms with Gasteiger partial charge in [0.25, 0.3) is 5.69 Å². The number of rotatable bonds is 2. The van der Waals surface area contributed by atoms with Crippen molar-refractivity contribution in [2.24, 2.45) is 0 Å². The first-order valence-electron chi connectivity index (χ1n) is 3.60. The van der Waals surface area contributed by atoms with Crippen molar-refractivity contribution in [2.45, 2.75) is 6.10 Å². The molecule has 0 aromatic carbocycles. The van der Waals surface area contributed by atoms with Gasteiger partial charge < -0.3 is 4.74 Å². The Balaban J connectivity index is 2.47. The number of epoxide rings is 1. The molecule has 1 aliphatic rings. The molecule has 1 fully saturated rings. The van der Waals surface area contributed by atoms with Gasteiger partial charge in [-0.15, -0.1) is 0 Å². The van der Waals surface area contributed by atoms with E-state index in [-0.39, 0.29) is 11.8 Å². The zero-order valence-corrected chi connectivity index (χ0v) is 8.02. The highest BCUT2D eigenvalue weighted by molar-refractivity contribution is 9.10. The van der Waals surface area contributed by atoms with Crippen LogP contribution in [0.4, 0.5) is 5.69 Å². The summed E-state index contributed by atoms with van der Waals surface area (Å²) in [6.07, 6.45) is 1.35. The molecule has 6 heteroatoms. The van der Waals surface area contributed by atoms with Crippen LogP contribution in [0.25, 0.3) is 0 Å². The van der Waals surface area contributed by atoms with Gasteiger partial charge in [0.15, 0.2) is 0 Å². The normalized spacial score (nSPS) is 19.9. The summed E-state index contributed by atoms with van der Waals surface area (Å²) < 4.78 is 5.54. The highest BCUT2D eigenvalue weighted by atomic mass is 79.9. The van der Waals surface area contributed by atoms with Gasteiger partial charge in [0.1, 0.15) is 11.8 Å². The van der Waals surface area contributed by atoms with Gasteiger partial charge in [-0.05, 0) is 15.9 Å². The Morgan fingerprint density at radius 1 is 1.77 bits per heavy atom. The molecular weight excluding hydrogens is 240 g/mol. The summed E-state index contributed by atoms with van der Waals surface area (Å²) in [6.45, 7) is 0.523. The fourth-order valence-electron chi connectivity index (χ4n) is 1.04. The first kappa shape index (κ1) is 8.58. The fraction of sp³-hybridized carbons (Fsp3) is 0.286. The lowest BCUT2D eigenvalue weighted by Crippen LogP contribution is -1.97. The minimum absolute atomic E-state index is 0.0110. The molecule has 1 unspecified atom stereocenters. The summed E-state index contributed by atoms with van der Waals surface area (Å²) in [4.78, 5) is 14.1. The van der Waals surface area contributed by atoms with Crippen LogP contribution in [-0.4, -0.2) is 16.5 Å². The number of hydrogen-bond acceptors (Lipinski definition) is 4. The van der Waals surface area contributed by atoms with Crippen LogP contribution < -0.4 is 0 Å². The van der Waals surface area contributed by atoms with Gasteiger partial charge in [0, 0.05) is 16.7 Å². The Labute approximate surface area is 82.0 Å². The Hall–Kier alpha value is -1.01. The molecule has 68 valence electrons. The largest absolute Gasteiger partial charge is 0.366 e. The van der Waals surface area contributed by atoms with Gasteiger partial charge in [-0.2, -0.15) is 0 Å². The Morgan fingerprint density at radius 3 is 3.00 bits per heavy atom. The predicted molar refractivity (Wildman–Crippen MR) is 47.3 cm³/mol. The highest BCUT2D eigenvalue weighted by Crippen LogP contribution is 2.35. The second-order valence-corrected chi connectivity index (χ2v) is 3.55. The molecule has 0 saturated carbocycles. The van der Waals surface area contributed by atoms with E-state index in [1.165, 1.54) is 12.3 Å². The van der Waals surface area contributed by atoms with Crippen molar-refractivity contribution in [2.75, 3.05) is 6.61 Å². The summed E-state index contributed by atoms with van der Waals surface area (Å²) in [5.41, 5.74) is 0.421. The monoisotopic (exact) mass is 244 g/mol. The van der Waals surface area contributed by atoms with E-state index in [9.17, 15) is 10.1 Å². The number of ether oxygens (including phenoxy) is 1. The average molecular weight is 245 g/mol. The third kappa shape index (κ3) is 1.68. The maximum absolute atomic E-state index is 10.6. The van der Waals surface area contributed by atoms with Crippen molar-refractivity contribution in [1.29, 1.82) is 0 Å². The van der Waals surface area contributed by atoms with Crippen LogP contribution in [0, 0.1) is 10.1 Å². The SMILES string of the molecule is O=[N+]([O-])c1cc(Br)cnc1C1CO1. The minimum atomic E-state index is -0.450. The first-order chi connectivity index (χ1) is 6.18. The minimum Gasteiger partial charge on any atom is -0.366 e. The summed E-state index contributed by atoms with van der Waals surface area (Å²) in [5, 5.41) is 10.6. The molecular formula is C7H5BrN2O3. The van der Waals surface area contributed by atoms with Gasteiger partial charge in [-0.3, -0.25) is 15.1 Å². The number of hydrogen-bond donors (Lipinski definition) is 0. The van der Waals surface area contributed by atoms with Crippen LogP contribution >= 0.6 is 15.9 Å². The smallest absolute Gasteiger partial charge is 0.294 e. The highest BCUT2D eigenvalue weighted by Gasteiger charge is 2.33. The van der Waals surface area contributed by atoms with Crippen molar-refractivity contribution >= 4 is 21.6 Å². The van der Waals surface area contributed by atoms with E-state index in [0.29, 0.717) is 16.8 Å². The van der Waals surface area contributed by atoms with E-state index in [1.807, 2.05) is 0 Å². The molecule has 5 nitrogen and oxygen atoms in total. The topological polar surface area (TPSA) is 68.6 Å². The number of nitro groups is 1. The maximum atomic E-state index is 10.6. The molecule has 1 aromatic rings. The zero-order chi connectivity index (χ0) is 9.42. The van der Waals surface area contributed by atoms with E-state index in [2.05, 4.69) is 20.9 Å². The van der Waals surface area contributed by atoms with E-state index < -0.39 is 4.92 Å². The van der Waals surface area contributed by atoms with Gasteiger partial charge in [0.05, 0.1) is 11.5 Å². The van der Waals surface area contributed by atoms with Gasteiger partial charge >= 0.3 is 0 Å². The summed E-state index contributed by atoms with van der Waals surface area (Å²) in [5.74, 6) is 0. The maximum Gasteiger partial charge on any atom is 0.294 e. The molecule has 0 spiro atoms. The standard InChI is InChI=1S/C7H5BrN2O3/c8-4-1-5(10(11)12)7(9-2-4)6-3-13-6/h1-2,6H,3H2. The quantitative estimate of drug-likeness (QED) is 0.452. The van der Waals surface area contributed by atoms with Crippen LogP contribution in [0.2, 0.25) is 0 Å². The lowest BCUT2D eigenvalue weighted by molar-refractivity contribution is -0.386. The van der Waals surface area contributed by atoms with Crippen LogP contribution in [-0.2, 0) is 4.74 Å². The second-order valence-electron chi connectivity index (χ2n) is 2.64. The molecule has 0 bridgehead atoms. The molecule has 0 N–H and O–H groups in total. The van der Waals surface area contributed by atoms with Crippen LogP contribution in [0.3, 0.4) is 0 Å². The predicted octanol–water partition coefficient (Wildman–Crippen LogP) is 1.82. The first-order valence-corrected chi connectivity index (χ1v) is 4.39. The lowest BCUT2D eigenvalue weighted by atomic mass is 10.2. The number of aromatic nitrogens is 1. The lowest BCUT2D eigenvalue weighted by Gasteiger charge is -1.97. The molecule has 1 saturated heterocycles. The third-order valence-electron chi connectivity index (χ3n) is 1.70. The number of nitrogens with zero attached hydrogens (tertiary/aromatic N) is 2. The molecule has 1 atom stereocenters. The van der Waals surface area contributed by atoms with E-state index in [4.69, 9.17) is 4.74 Å². The van der Waals surface area contributed by atoms with E-state index in [1.54, 1.807) is 0 Å². The molecule has 0 amide bonds. The van der Waals surface area contributed by atoms with Crippen molar-refractivity contribution in [3.63, 3.8) is 0 Å². The Morgan fingerprint density at radius 2 is 2.46 bits per heavy atom. The number of halogens is 1.